The van der Waals surface area contributed by atoms with E-state index in [1.54, 1.807) is 0 Å². The summed E-state index contributed by atoms with van der Waals surface area (Å²) in [5.74, 6) is 0. The van der Waals surface area contributed by atoms with Crippen LogP contribution in [-0.4, -0.2) is 0 Å². The molecule has 0 spiro atoms. The molecule has 142 valence electrons. The van der Waals surface area contributed by atoms with Gasteiger partial charge < -0.3 is 0 Å². The van der Waals surface area contributed by atoms with Gasteiger partial charge in [0.15, 0.2) is 0 Å². The van der Waals surface area contributed by atoms with Gasteiger partial charge in [0.25, 0.3) is 0 Å². The van der Waals surface area contributed by atoms with E-state index in [4.69, 9.17) is 0 Å². The molecule has 0 aliphatic rings. The Morgan fingerprint density at radius 1 is 0.414 bits per heavy atom. The molecule has 5 aromatic rings. The predicted molar refractivity (Wildman–Crippen MR) is 128 cm³/mol. The van der Waals surface area contributed by atoms with E-state index in [9.17, 15) is 0 Å². The van der Waals surface area contributed by atoms with Crippen molar-refractivity contribution in [2.24, 2.45) is 0 Å². The smallest absolute Gasteiger partial charge is 0.00263 e. The lowest BCUT2D eigenvalue weighted by molar-refractivity contribution is 1.47. The Balaban J connectivity index is 0.000000994. The number of hydrogen-bond acceptors (Lipinski definition) is 0. The highest BCUT2D eigenvalue weighted by Gasteiger charge is 2.15. The van der Waals surface area contributed by atoms with Crippen molar-refractivity contribution in [1.82, 2.24) is 0 Å². The summed E-state index contributed by atoms with van der Waals surface area (Å²) >= 11 is 0. The van der Waals surface area contributed by atoms with Crippen molar-refractivity contribution in [3.05, 3.63) is 109 Å². The van der Waals surface area contributed by atoms with Gasteiger partial charge in [-0.2, -0.15) is 0 Å². The molecular weight excluding hydrogens is 348 g/mol. The van der Waals surface area contributed by atoms with Crippen LogP contribution in [0.25, 0.3) is 43.8 Å². The average Bonchev–Trinajstić information content (AvgIpc) is 2.79. The highest BCUT2D eigenvalue weighted by Crippen LogP contribution is 2.43. The first-order valence-corrected chi connectivity index (χ1v) is 10.4. The number of rotatable bonds is 2. The zero-order valence-corrected chi connectivity index (χ0v) is 17.3. The van der Waals surface area contributed by atoms with Gasteiger partial charge in [-0.05, 0) is 50.7 Å². The lowest BCUT2D eigenvalue weighted by atomic mass is 9.86. The Labute approximate surface area is 173 Å². The van der Waals surface area contributed by atoms with Gasteiger partial charge in [0.2, 0.25) is 0 Å². The van der Waals surface area contributed by atoms with Crippen molar-refractivity contribution in [3.63, 3.8) is 0 Å². The van der Waals surface area contributed by atoms with Crippen LogP contribution in [0.2, 0.25) is 0 Å². The number of benzene rings is 5. The van der Waals surface area contributed by atoms with Crippen LogP contribution in [0.4, 0.5) is 0 Å². The summed E-state index contributed by atoms with van der Waals surface area (Å²) in [6, 6.07) is 37.1. The molecule has 0 aromatic heterocycles. The Morgan fingerprint density at radius 2 is 0.828 bits per heavy atom. The highest BCUT2D eigenvalue weighted by atomic mass is 14.2. The van der Waals surface area contributed by atoms with Crippen LogP contribution < -0.4 is 0 Å². The van der Waals surface area contributed by atoms with Crippen molar-refractivity contribution < 1.29 is 0 Å². The van der Waals surface area contributed by atoms with E-state index in [1.807, 2.05) is 13.8 Å². The highest BCUT2D eigenvalue weighted by molar-refractivity contribution is 6.21. The molecule has 0 nitrogen and oxygen atoms in total. The second-order valence-corrected chi connectivity index (χ2v) is 7.08. The third-order valence-electron chi connectivity index (χ3n) is 5.30. The van der Waals surface area contributed by atoms with Crippen molar-refractivity contribution in [2.45, 2.75) is 20.8 Å². The topological polar surface area (TPSA) is 0 Å². The van der Waals surface area contributed by atoms with Crippen molar-refractivity contribution in [2.75, 3.05) is 0 Å². The van der Waals surface area contributed by atoms with Gasteiger partial charge in [-0.3, -0.25) is 0 Å². The maximum Gasteiger partial charge on any atom is -0.00263 e. The van der Waals surface area contributed by atoms with Crippen LogP contribution in [0, 0.1) is 6.92 Å². The molecule has 0 aliphatic heterocycles. The largest absolute Gasteiger partial charge is 0.0683 e. The van der Waals surface area contributed by atoms with Gasteiger partial charge in [-0.25, -0.2) is 0 Å². The summed E-state index contributed by atoms with van der Waals surface area (Å²) in [4.78, 5) is 0. The normalized spacial score (nSPS) is 10.6. The standard InChI is InChI=1S/C27H20.C2H6/c1-19-10-9-13-21(18-19)27-24-16-7-5-14-22(24)26(20-11-3-2-4-12-20)23-15-6-8-17-25(23)27;1-2/h2-18H,1H3;1-2H3. The second-order valence-electron chi connectivity index (χ2n) is 7.08. The van der Waals surface area contributed by atoms with E-state index in [2.05, 4.69) is 110 Å². The van der Waals surface area contributed by atoms with Gasteiger partial charge in [-0.1, -0.05) is 123 Å². The Morgan fingerprint density at radius 3 is 1.31 bits per heavy atom. The van der Waals surface area contributed by atoms with Crippen LogP contribution in [-0.2, 0) is 0 Å². The quantitative estimate of drug-likeness (QED) is 0.271. The molecule has 0 heterocycles. The fourth-order valence-corrected chi connectivity index (χ4v) is 4.16. The molecule has 0 heteroatoms. The van der Waals surface area contributed by atoms with Crippen molar-refractivity contribution >= 4 is 21.5 Å². The minimum absolute atomic E-state index is 1.26. The van der Waals surface area contributed by atoms with Crippen molar-refractivity contribution in [3.8, 4) is 22.3 Å². The zero-order chi connectivity index (χ0) is 20.2. The fraction of sp³-hybridized carbons (Fsp3) is 0.103. The molecular formula is C29H26. The molecule has 5 aromatic carbocycles. The molecule has 0 radical (unpaired) electrons. The summed E-state index contributed by atoms with van der Waals surface area (Å²) in [7, 11) is 0. The lowest BCUT2D eigenvalue weighted by Gasteiger charge is -2.17. The van der Waals surface area contributed by atoms with E-state index >= 15 is 0 Å². The van der Waals surface area contributed by atoms with Crippen LogP contribution >= 0.6 is 0 Å². The maximum absolute atomic E-state index is 2.29. The summed E-state index contributed by atoms with van der Waals surface area (Å²) in [5.41, 5.74) is 6.47. The van der Waals surface area contributed by atoms with E-state index in [0.717, 1.165) is 0 Å². The van der Waals surface area contributed by atoms with Crippen LogP contribution in [0.3, 0.4) is 0 Å². The molecule has 0 saturated heterocycles. The van der Waals surface area contributed by atoms with E-state index < -0.39 is 0 Å². The van der Waals surface area contributed by atoms with E-state index in [1.165, 1.54) is 49.4 Å². The minimum Gasteiger partial charge on any atom is -0.0683 e. The first kappa shape index (κ1) is 19.0. The molecule has 0 amide bonds. The van der Waals surface area contributed by atoms with E-state index in [-0.39, 0.29) is 0 Å². The van der Waals surface area contributed by atoms with Crippen LogP contribution in [0.5, 0.6) is 0 Å². The number of hydrogen-bond donors (Lipinski definition) is 0. The number of aryl methyl sites for hydroxylation is 1. The Hall–Kier alpha value is -3.38. The molecule has 0 atom stereocenters. The predicted octanol–water partition coefficient (Wildman–Crippen LogP) is 8.66. The van der Waals surface area contributed by atoms with Gasteiger partial charge in [0.1, 0.15) is 0 Å². The fourth-order valence-electron chi connectivity index (χ4n) is 4.16. The van der Waals surface area contributed by atoms with Crippen molar-refractivity contribution in [1.29, 1.82) is 0 Å². The third-order valence-corrected chi connectivity index (χ3v) is 5.30. The first-order valence-electron chi connectivity index (χ1n) is 10.4. The summed E-state index contributed by atoms with van der Waals surface area (Å²) in [5, 5.41) is 5.22. The summed E-state index contributed by atoms with van der Waals surface area (Å²) in [6.45, 7) is 6.16. The average molecular weight is 375 g/mol. The van der Waals surface area contributed by atoms with Crippen LogP contribution in [0.1, 0.15) is 19.4 Å². The first-order chi connectivity index (χ1) is 14.3. The van der Waals surface area contributed by atoms with Gasteiger partial charge >= 0.3 is 0 Å². The molecule has 0 N–H and O–H groups in total. The lowest BCUT2D eigenvalue weighted by Crippen LogP contribution is -1.90. The Bertz CT molecular complexity index is 1210. The second kappa shape index (κ2) is 8.32. The summed E-state index contributed by atoms with van der Waals surface area (Å²) in [6.07, 6.45) is 0. The van der Waals surface area contributed by atoms with E-state index in [0.29, 0.717) is 0 Å². The van der Waals surface area contributed by atoms with Gasteiger partial charge in [0, 0.05) is 0 Å². The Kier molecular flexibility index (Phi) is 5.44. The molecule has 0 aliphatic carbocycles. The molecule has 0 saturated carbocycles. The zero-order valence-electron chi connectivity index (χ0n) is 17.3. The molecule has 5 rings (SSSR count). The van der Waals surface area contributed by atoms with Gasteiger partial charge in [0.05, 0.1) is 0 Å². The van der Waals surface area contributed by atoms with Crippen LogP contribution in [0.15, 0.2) is 103 Å². The monoisotopic (exact) mass is 374 g/mol. The SMILES string of the molecule is CC.Cc1cccc(-c2c3ccccc3c(-c3ccccc3)c3ccccc23)c1. The minimum atomic E-state index is 1.26. The molecule has 0 fully saturated rings. The molecule has 0 unspecified atom stereocenters. The summed E-state index contributed by atoms with van der Waals surface area (Å²) < 4.78 is 0. The van der Waals surface area contributed by atoms with Gasteiger partial charge in [-0.15, -0.1) is 0 Å². The number of fused-ring (bicyclic) bond motifs is 2. The maximum atomic E-state index is 2.29. The molecule has 29 heavy (non-hydrogen) atoms. The third kappa shape index (κ3) is 3.43. The molecule has 0 bridgehead atoms.